The zero-order chi connectivity index (χ0) is 32.5. The topological polar surface area (TPSA) is 102 Å². The van der Waals surface area contributed by atoms with Crippen LogP contribution in [0.4, 0.5) is 24.7 Å². The van der Waals surface area contributed by atoms with E-state index in [0.29, 0.717) is 55.9 Å². The number of amides is 1. The van der Waals surface area contributed by atoms with Crippen molar-refractivity contribution in [1.29, 1.82) is 0 Å². The highest BCUT2D eigenvalue weighted by Gasteiger charge is 2.34. The molecule has 10 nitrogen and oxygen atoms in total. The predicted molar refractivity (Wildman–Crippen MR) is 167 cm³/mol. The summed E-state index contributed by atoms with van der Waals surface area (Å²) in [5, 5.41) is 17.6. The first-order valence-electron chi connectivity index (χ1n) is 15.2. The van der Waals surface area contributed by atoms with Gasteiger partial charge < -0.3 is 20.2 Å². The molecule has 2 N–H and O–H groups in total. The Balaban J connectivity index is 1.17. The van der Waals surface area contributed by atoms with Crippen molar-refractivity contribution in [3.05, 3.63) is 82.9 Å². The molecular formula is C33H35F3N8O2. The number of piperazine rings is 1. The number of rotatable bonds is 5. The molecule has 0 spiro atoms. The van der Waals surface area contributed by atoms with Crippen LogP contribution in [0.15, 0.2) is 55.0 Å². The minimum Gasteiger partial charge on any atom is -0.390 e. The fourth-order valence-electron chi connectivity index (χ4n) is 5.61. The zero-order valence-electron chi connectivity index (χ0n) is 25.7. The van der Waals surface area contributed by atoms with Gasteiger partial charge in [0.2, 0.25) is 0 Å². The van der Waals surface area contributed by atoms with Crippen molar-refractivity contribution < 1.29 is 23.1 Å². The molecule has 1 amide bonds. The number of aromatic nitrogens is 4. The van der Waals surface area contributed by atoms with E-state index >= 15 is 0 Å². The molecule has 46 heavy (non-hydrogen) atoms. The van der Waals surface area contributed by atoms with E-state index in [1.54, 1.807) is 10.7 Å². The predicted octanol–water partition coefficient (Wildman–Crippen LogP) is 3.89. The first kappa shape index (κ1) is 31.5. The van der Waals surface area contributed by atoms with Crippen LogP contribution in [0.25, 0.3) is 5.65 Å². The molecule has 0 atom stereocenters. The van der Waals surface area contributed by atoms with Gasteiger partial charge in [-0.25, -0.2) is 9.50 Å². The van der Waals surface area contributed by atoms with Crippen LogP contribution in [0.2, 0.25) is 0 Å². The molecule has 0 radical (unpaired) electrons. The second-order valence-electron chi connectivity index (χ2n) is 12.2. The number of piperidine rings is 1. The van der Waals surface area contributed by atoms with Crippen LogP contribution in [0, 0.1) is 11.8 Å². The number of hydrogen-bond donors (Lipinski definition) is 2. The van der Waals surface area contributed by atoms with Gasteiger partial charge in [-0.2, -0.15) is 13.2 Å². The van der Waals surface area contributed by atoms with Crippen LogP contribution in [-0.4, -0.2) is 92.3 Å². The highest BCUT2D eigenvalue weighted by Crippen LogP contribution is 2.35. The third-order valence-corrected chi connectivity index (χ3v) is 8.51. The third-order valence-electron chi connectivity index (χ3n) is 8.51. The van der Waals surface area contributed by atoms with Gasteiger partial charge in [-0.05, 0) is 68.6 Å². The van der Waals surface area contributed by atoms with Gasteiger partial charge in [-0.3, -0.25) is 14.7 Å². The Hall–Kier alpha value is -4.51. The van der Waals surface area contributed by atoms with Crippen LogP contribution >= 0.6 is 0 Å². The highest BCUT2D eigenvalue weighted by molar-refractivity contribution is 6.04. The number of likely N-dealkylation sites (N-methyl/N-ethyl adjacent to an activating group) is 1. The number of halogens is 3. The van der Waals surface area contributed by atoms with Crippen LogP contribution in [0.5, 0.6) is 0 Å². The van der Waals surface area contributed by atoms with Gasteiger partial charge in [0.05, 0.1) is 22.9 Å². The molecule has 2 saturated heterocycles. The maximum absolute atomic E-state index is 14.0. The van der Waals surface area contributed by atoms with Crippen LogP contribution in [-0.2, 0) is 12.7 Å². The van der Waals surface area contributed by atoms with Crippen molar-refractivity contribution in [1.82, 2.24) is 29.4 Å². The maximum atomic E-state index is 14.0. The molecule has 2 aliphatic heterocycles. The minimum atomic E-state index is -4.57. The van der Waals surface area contributed by atoms with E-state index < -0.39 is 23.2 Å². The van der Waals surface area contributed by atoms with Gasteiger partial charge in [-0.1, -0.05) is 12.0 Å². The minimum absolute atomic E-state index is 0.0425. The first-order valence-corrected chi connectivity index (χ1v) is 15.2. The number of pyridine rings is 1. The molecule has 2 aliphatic rings. The molecule has 240 valence electrons. The van der Waals surface area contributed by atoms with Crippen molar-refractivity contribution >= 4 is 23.1 Å². The van der Waals surface area contributed by atoms with Crippen LogP contribution in [0.3, 0.4) is 0 Å². The van der Waals surface area contributed by atoms with E-state index in [9.17, 15) is 23.1 Å². The summed E-state index contributed by atoms with van der Waals surface area (Å²) < 4.78 is 43.7. The third kappa shape index (κ3) is 7.31. The number of fused-ring (bicyclic) bond motifs is 1. The van der Waals surface area contributed by atoms with E-state index in [4.69, 9.17) is 5.10 Å². The summed E-state index contributed by atoms with van der Waals surface area (Å²) in [6, 6.07) is 9.19. The lowest BCUT2D eigenvalue weighted by Crippen LogP contribution is -2.44. The lowest BCUT2D eigenvalue weighted by Gasteiger charge is -2.36. The Morgan fingerprint density at radius 1 is 1.00 bits per heavy atom. The highest BCUT2D eigenvalue weighted by atomic mass is 19.4. The van der Waals surface area contributed by atoms with Gasteiger partial charge >= 0.3 is 6.18 Å². The average molecular weight is 633 g/mol. The van der Waals surface area contributed by atoms with Crippen molar-refractivity contribution in [3.63, 3.8) is 0 Å². The Bertz CT molecular complexity index is 1790. The van der Waals surface area contributed by atoms with Crippen molar-refractivity contribution in [3.8, 4) is 11.8 Å². The van der Waals surface area contributed by atoms with Gasteiger partial charge in [0.15, 0.2) is 5.65 Å². The fraction of sp³-hybridized carbons (Fsp3) is 0.394. The Kier molecular flexibility index (Phi) is 8.69. The Morgan fingerprint density at radius 2 is 1.76 bits per heavy atom. The summed E-state index contributed by atoms with van der Waals surface area (Å²) in [7, 11) is 1.99. The summed E-state index contributed by atoms with van der Waals surface area (Å²) in [4.78, 5) is 27.8. The van der Waals surface area contributed by atoms with Crippen molar-refractivity contribution in [2.75, 3.05) is 56.5 Å². The lowest BCUT2D eigenvalue weighted by molar-refractivity contribution is -0.138. The number of nitrogens with zero attached hydrogens (tertiary/aromatic N) is 7. The number of hydrogen-bond acceptors (Lipinski definition) is 8. The number of alkyl halides is 3. The lowest BCUT2D eigenvalue weighted by atomic mass is 9.94. The molecule has 0 aliphatic carbocycles. The van der Waals surface area contributed by atoms with Crippen LogP contribution < -0.4 is 10.2 Å². The molecule has 6 rings (SSSR count). The van der Waals surface area contributed by atoms with E-state index in [1.165, 1.54) is 30.6 Å². The number of aliphatic hydroxyl groups is 1. The summed E-state index contributed by atoms with van der Waals surface area (Å²) in [6.07, 6.45) is 1.17. The van der Waals surface area contributed by atoms with Crippen LogP contribution in [0.1, 0.15) is 52.5 Å². The molecule has 1 aromatic carbocycles. The number of anilines is 2. The molecule has 13 heteroatoms. The van der Waals surface area contributed by atoms with Gasteiger partial charge in [0.1, 0.15) is 11.5 Å². The number of carbonyl (C=O) groups is 1. The molecule has 0 unspecified atom stereocenters. The fourth-order valence-corrected chi connectivity index (χ4v) is 5.61. The summed E-state index contributed by atoms with van der Waals surface area (Å²) in [5.41, 5.74) is 0.527. The number of imidazole rings is 1. The molecule has 5 heterocycles. The summed E-state index contributed by atoms with van der Waals surface area (Å²) in [6.45, 7) is 6.37. The van der Waals surface area contributed by atoms with Crippen molar-refractivity contribution in [2.45, 2.75) is 38.1 Å². The largest absolute Gasteiger partial charge is 0.416 e. The smallest absolute Gasteiger partial charge is 0.390 e. The second-order valence-corrected chi connectivity index (χ2v) is 12.2. The number of nitrogens with one attached hydrogen (secondary N) is 1. The molecule has 0 bridgehead atoms. The van der Waals surface area contributed by atoms with Gasteiger partial charge in [-0.15, -0.1) is 5.10 Å². The maximum Gasteiger partial charge on any atom is 0.416 e. The van der Waals surface area contributed by atoms with E-state index in [2.05, 4.69) is 36.9 Å². The summed E-state index contributed by atoms with van der Waals surface area (Å²) in [5.74, 6) is 6.18. The standard InChI is InChI=1S/C33H35F3N8O2/c1-32(46)9-11-43(12-10-32)30-8-7-29-38-21-27(44(29)40-30)6-3-23-17-25(20-37-19-23)31(45)39-26-5-4-24(28(18-26)33(34,35)36)22-42-15-13-41(2)14-16-42/h4-5,7-8,17-21,46H,9-16,22H2,1-2H3,(H,39,45). The van der Waals surface area contributed by atoms with Crippen molar-refractivity contribution in [2.24, 2.45) is 0 Å². The first-order chi connectivity index (χ1) is 21.9. The van der Waals surface area contributed by atoms with E-state index in [0.717, 1.165) is 25.0 Å². The molecule has 2 fully saturated rings. The normalized spacial score (nSPS) is 17.5. The SMILES string of the molecule is CN1CCN(Cc2ccc(NC(=O)c3cncc(C#Cc4cnc5ccc(N6CCC(C)(O)CC6)nn45)c3)cc2C(F)(F)F)CC1. The van der Waals surface area contributed by atoms with Gasteiger partial charge in [0, 0.05) is 69.5 Å². The Labute approximate surface area is 264 Å². The van der Waals surface area contributed by atoms with Gasteiger partial charge in [0.25, 0.3) is 5.91 Å². The quantitative estimate of drug-likeness (QED) is 0.320. The molecular weight excluding hydrogens is 597 g/mol. The van der Waals surface area contributed by atoms with E-state index in [-0.39, 0.29) is 23.4 Å². The number of carbonyl (C=O) groups excluding carboxylic acids is 1. The average Bonchev–Trinajstić information content (AvgIpc) is 3.43. The number of benzene rings is 1. The Morgan fingerprint density at radius 3 is 2.50 bits per heavy atom. The molecule has 4 aromatic rings. The molecule has 3 aromatic heterocycles. The molecule has 0 saturated carbocycles. The second kappa shape index (κ2) is 12.7. The monoisotopic (exact) mass is 632 g/mol. The van der Waals surface area contributed by atoms with E-state index in [1.807, 2.05) is 31.0 Å². The summed E-state index contributed by atoms with van der Waals surface area (Å²) >= 11 is 0. The zero-order valence-corrected chi connectivity index (χ0v) is 25.7.